The molecule has 0 aliphatic carbocycles. The second kappa shape index (κ2) is 9.31. The minimum absolute atomic E-state index is 0.00751. The van der Waals surface area contributed by atoms with Crippen molar-refractivity contribution in [3.63, 3.8) is 0 Å². The van der Waals surface area contributed by atoms with Crippen molar-refractivity contribution in [1.82, 2.24) is 15.1 Å². The smallest absolute Gasteiger partial charge is 0.227 e. The number of rotatable bonds is 6. The summed E-state index contributed by atoms with van der Waals surface area (Å²) in [6.45, 7) is 4.28. The van der Waals surface area contributed by atoms with Gasteiger partial charge in [-0.25, -0.2) is 4.39 Å². The zero-order valence-electron chi connectivity index (χ0n) is 15.3. The highest BCUT2D eigenvalue weighted by atomic mass is 19.1. The third-order valence-corrected chi connectivity index (χ3v) is 4.57. The summed E-state index contributed by atoms with van der Waals surface area (Å²) in [5.41, 5.74) is 1.07. The number of amides is 3. The number of alkyl halides is 1. The van der Waals surface area contributed by atoms with Gasteiger partial charge in [-0.2, -0.15) is 0 Å². The molecule has 1 aromatic carbocycles. The molecular formula is C19H26FN3O3. The molecule has 1 aromatic rings. The number of carbonyl (C=O) groups excluding carboxylic acids is 3. The number of piperidine rings is 1. The molecule has 0 bridgehead atoms. The average molecular weight is 363 g/mol. The summed E-state index contributed by atoms with van der Waals surface area (Å²) in [4.78, 5) is 38.5. The lowest BCUT2D eigenvalue weighted by atomic mass is 10.0. The molecule has 6 nitrogen and oxygen atoms in total. The van der Waals surface area contributed by atoms with E-state index in [4.69, 9.17) is 0 Å². The molecule has 142 valence electrons. The first kappa shape index (κ1) is 19.9. The fourth-order valence-corrected chi connectivity index (χ4v) is 3.26. The molecule has 1 atom stereocenters. The van der Waals surface area contributed by atoms with Crippen LogP contribution in [0, 0.1) is 0 Å². The second-order valence-corrected chi connectivity index (χ2v) is 6.62. The molecule has 2 rings (SSSR count). The van der Waals surface area contributed by atoms with Crippen LogP contribution in [-0.2, 0) is 20.9 Å². The topological polar surface area (TPSA) is 69.7 Å². The summed E-state index contributed by atoms with van der Waals surface area (Å²) in [5.74, 6) is -0.808. The Morgan fingerprint density at radius 1 is 1.19 bits per heavy atom. The van der Waals surface area contributed by atoms with Crippen molar-refractivity contribution < 1.29 is 18.8 Å². The van der Waals surface area contributed by atoms with Gasteiger partial charge in [0.25, 0.3) is 0 Å². The van der Waals surface area contributed by atoms with Gasteiger partial charge in [0.15, 0.2) is 6.30 Å². The monoisotopic (exact) mass is 363 g/mol. The molecule has 1 N–H and O–H groups in total. The summed E-state index contributed by atoms with van der Waals surface area (Å²) in [6, 6.07) is 9.85. The highest BCUT2D eigenvalue weighted by molar-refractivity contribution is 5.78. The van der Waals surface area contributed by atoms with E-state index in [-0.39, 0.29) is 24.3 Å². The van der Waals surface area contributed by atoms with Gasteiger partial charge in [0.1, 0.15) is 0 Å². The summed E-state index contributed by atoms with van der Waals surface area (Å²) in [7, 11) is 0. The lowest BCUT2D eigenvalue weighted by Crippen LogP contribution is -2.48. The minimum Gasteiger partial charge on any atom is -0.342 e. The lowest BCUT2D eigenvalue weighted by molar-refractivity contribution is -0.136. The van der Waals surface area contributed by atoms with Crippen LogP contribution in [0.2, 0.25) is 0 Å². The van der Waals surface area contributed by atoms with E-state index in [0.29, 0.717) is 32.5 Å². The van der Waals surface area contributed by atoms with Crippen LogP contribution in [0.1, 0.15) is 38.7 Å². The van der Waals surface area contributed by atoms with E-state index < -0.39 is 12.2 Å². The molecule has 0 saturated carbocycles. The predicted octanol–water partition coefficient (Wildman–Crippen LogP) is 1.85. The summed E-state index contributed by atoms with van der Waals surface area (Å²) in [5, 5.41) is 2.08. The van der Waals surface area contributed by atoms with Gasteiger partial charge in [0, 0.05) is 39.5 Å². The molecule has 0 spiro atoms. The number of hydrogen-bond donors (Lipinski definition) is 1. The third-order valence-electron chi connectivity index (χ3n) is 4.57. The van der Waals surface area contributed by atoms with Gasteiger partial charge in [0.2, 0.25) is 17.7 Å². The van der Waals surface area contributed by atoms with Gasteiger partial charge < -0.3 is 15.1 Å². The van der Waals surface area contributed by atoms with Gasteiger partial charge in [-0.3, -0.25) is 14.4 Å². The predicted molar refractivity (Wildman–Crippen MR) is 95.6 cm³/mol. The molecule has 26 heavy (non-hydrogen) atoms. The van der Waals surface area contributed by atoms with E-state index in [0.717, 1.165) is 5.56 Å². The minimum atomic E-state index is -1.66. The van der Waals surface area contributed by atoms with Crippen molar-refractivity contribution in [2.24, 2.45) is 0 Å². The normalized spacial score (nSPS) is 16.0. The lowest BCUT2D eigenvalue weighted by Gasteiger charge is -2.38. The first-order chi connectivity index (χ1) is 12.4. The molecule has 1 aliphatic rings. The molecule has 1 aliphatic heterocycles. The van der Waals surface area contributed by atoms with Crippen molar-refractivity contribution >= 4 is 17.7 Å². The van der Waals surface area contributed by atoms with Crippen LogP contribution in [0.15, 0.2) is 30.3 Å². The number of benzene rings is 1. The number of carbonyl (C=O) groups is 3. The van der Waals surface area contributed by atoms with E-state index in [2.05, 4.69) is 5.32 Å². The Morgan fingerprint density at radius 2 is 1.81 bits per heavy atom. The molecule has 1 heterocycles. The fourth-order valence-electron chi connectivity index (χ4n) is 3.26. The Labute approximate surface area is 153 Å². The first-order valence-corrected chi connectivity index (χ1v) is 8.87. The van der Waals surface area contributed by atoms with Gasteiger partial charge in [-0.05, 0) is 18.4 Å². The van der Waals surface area contributed by atoms with Crippen LogP contribution in [0.3, 0.4) is 0 Å². The SMILES string of the molecule is CC(=O)N[C@H](F)CC(=O)N1CCC(N(Cc2ccccc2)C(C)=O)CC1. The van der Waals surface area contributed by atoms with Crippen LogP contribution < -0.4 is 5.32 Å². The van der Waals surface area contributed by atoms with Crippen molar-refractivity contribution in [3.8, 4) is 0 Å². The Morgan fingerprint density at radius 3 is 2.35 bits per heavy atom. The van der Waals surface area contributed by atoms with Gasteiger partial charge in [-0.1, -0.05) is 30.3 Å². The van der Waals surface area contributed by atoms with E-state index in [9.17, 15) is 18.8 Å². The Balaban J connectivity index is 1.88. The van der Waals surface area contributed by atoms with E-state index in [1.807, 2.05) is 35.2 Å². The molecule has 0 radical (unpaired) electrons. The Bertz CT molecular complexity index is 630. The number of likely N-dealkylation sites (tertiary alicyclic amines) is 1. The summed E-state index contributed by atoms with van der Waals surface area (Å²) in [6.07, 6.45) is -0.695. The summed E-state index contributed by atoms with van der Waals surface area (Å²) >= 11 is 0. The molecule has 3 amide bonds. The van der Waals surface area contributed by atoms with Crippen molar-refractivity contribution in [2.45, 2.75) is 52.0 Å². The number of nitrogens with zero attached hydrogens (tertiary/aromatic N) is 2. The van der Waals surface area contributed by atoms with Gasteiger partial charge in [-0.15, -0.1) is 0 Å². The standard InChI is InChI=1S/C19H26FN3O3/c1-14(24)21-18(20)12-19(26)22-10-8-17(9-11-22)23(15(2)25)13-16-6-4-3-5-7-16/h3-7,17-18H,8-13H2,1-2H3,(H,21,24)/t18-/m0/s1. The highest BCUT2D eigenvalue weighted by Crippen LogP contribution is 2.20. The van der Waals surface area contributed by atoms with Crippen LogP contribution >= 0.6 is 0 Å². The zero-order chi connectivity index (χ0) is 19.1. The first-order valence-electron chi connectivity index (χ1n) is 8.87. The molecule has 1 saturated heterocycles. The highest BCUT2D eigenvalue weighted by Gasteiger charge is 2.29. The van der Waals surface area contributed by atoms with E-state index in [1.165, 1.54) is 6.92 Å². The van der Waals surface area contributed by atoms with Crippen molar-refractivity contribution in [2.75, 3.05) is 13.1 Å². The third kappa shape index (κ3) is 5.82. The zero-order valence-corrected chi connectivity index (χ0v) is 15.3. The van der Waals surface area contributed by atoms with Gasteiger partial charge in [0.05, 0.1) is 6.42 Å². The van der Waals surface area contributed by atoms with Crippen molar-refractivity contribution in [1.29, 1.82) is 0 Å². The summed E-state index contributed by atoms with van der Waals surface area (Å²) < 4.78 is 13.6. The maximum absolute atomic E-state index is 13.6. The van der Waals surface area contributed by atoms with Crippen molar-refractivity contribution in [3.05, 3.63) is 35.9 Å². The molecule has 1 fully saturated rings. The average Bonchev–Trinajstić information content (AvgIpc) is 2.59. The fraction of sp³-hybridized carbons (Fsp3) is 0.526. The number of halogens is 1. The Hall–Kier alpha value is -2.44. The molecular weight excluding hydrogens is 337 g/mol. The van der Waals surface area contributed by atoms with Crippen LogP contribution in [0.25, 0.3) is 0 Å². The van der Waals surface area contributed by atoms with Gasteiger partial charge >= 0.3 is 0 Å². The molecule has 0 aromatic heterocycles. The number of nitrogens with one attached hydrogen (secondary N) is 1. The maximum Gasteiger partial charge on any atom is 0.227 e. The van der Waals surface area contributed by atoms with Crippen LogP contribution in [0.5, 0.6) is 0 Å². The quantitative estimate of drug-likeness (QED) is 0.784. The molecule has 7 heteroatoms. The largest absolute Gasteiger partial charge is 0.342 e. The second-order valence-electron chi connectivity index (χ2n) is 6.62. The number of hydrogen-bond acceptors (Lipinski definition) is 3. The molecule has 0 unspecified atom stereocenters. The van der Waals surface area contributed by atoms with E-state index in [1.54, 1.807) is 11.8 Å². The maximum atomic E-state index is 13.6. The van der Waals surface area contributed by atoms with Crippen LogP contribution in [0.4, 0.5) is 4.39 Å². The van der Waals surface area contributed by atoms with E-state index >= 15 is 0 Å². The Kier molecular flexibility index (Phi) is 7.12. The van der Waals surface area contributed by atoms with Crippen LogP contribution in [-0.4, -0.2) is 52.9 Å².